The highest BCUT2D eigenvalue weighted by molar-refractivity contribution is 7.87. The van der Waals surface area contributed by atoms with Crippen LogP contribution >= 0.6 is 0 Å². The Labute approximate surface area is 179 Å². The lowest BCUT2D eigenvalue weighted by molar-refractivity contribution is -0.137. The third kappa shape index (κ3) is 4.73. The van der Waals surface area contributed by atoms with Crippen molar-refractivity contribution in [2.75, 3.05) is 4.72 Å². The van der Waals surface area contributed by atoms with E-state index in [-0.39, 0.29) is 27.6 Å². The number of anilines is 1. The lowest BCUT2D eigenvalue weighted by Crippen LogP contribution is -2.19. The zero-order chi connectivity index (χ0) is 22.2. The van der Waals surface area contributed by atoms with Crippen LogP contribution in [0.15, 0.2) is 53.7 Å². The van der Waals surface area contributed by atoms with E-state index in [1.807, 2.05) is 6.92 Å². The van der Waals surface area contributed by atoms with Gasteiger partial charge in [-0.25, -0.2) is 8.89 Å². The molecule has 0 saturated heterocycles. The summed E-state index contributed by atoms with van der Waals surface area (Å²) in [7, 11) is -1.39. The molecule has 1 fully saturated rings. The molecule has 2 aromatic heterocycles. The second kappa shape index (κ2) is 8.33. The molecule has 3 aromatic rings. The van der Waals surface area contributed by atoms with E-state index >= 15 is 0 Å². The smallest absolute Gasteiger partial charge is 0.313 e. The SMILES string of the molecule is CCCn1cc(-n2cc(-c3ccc(NS(=O)C4CC4)cc3C(F)(F)F)cn2)ccc1=O. The third-order valence-corrected chi connectivity index (χ3v) is 6.47. The van der Waals surface area contributed by atoms with Gasteiger partial charge < -0.3 is 9.29 Å². The van der Waals surface area contributed by atoms with Gasteiger partial charge in [-0.2, -0.15) is 18.3 Å². The summed E-state index contributed by atoms with van der Waals surface area (Å²) in [6.07, 6.45) is 2.29. The molecule has 0 amide bonds. The Balaban J connectivity index is 1.68. The quantitative estimate of drug-likeness (QED) is 0.581. The molecule has 0 radical (unpaired) electrons. The first-order chi connectivity index (χ1) is 14.8. The van der Waals surface area contributed by atoms with Crippen LogP contribution in [0.4, 0.5) is 18.9 Å². The van der Waals surface area contributed by atoms with Crippen LogP contribution in [-0.2, 0) is 23.7 Å². The standard InChI is InChI=1S/C21H21F3N4O2S/c1-2-9-27-13-16(4-8-20(27)29)28-12-14(11-25-28)18-7-3-15(10-19(18)21(22,23)24)26-31(30)17-5-6-17/h3-4,7-8,10-13,17,26H,2,5-6,9H2,1H3. The summed E-state index contributed by atoms with van der Waals surface area (Å²) in [5, 5.41) is 4.19. The molecule has 6 nitrogen and oxygen atoms in total. The van der Waals surface area contributed by atoms with Crippen LogP contribution < -0.4 is 10.3 Å². The van der Waals surface area contributed by atoms with Crippen molar-refractivity contribution in [1.82, 2.24) is 14.3 Å². The van der Waals surface area contributed by atoms with E-state index in [2.05, 4.69) is 9.82 Å². The molecule has 1 N–H and O–H groups in total. The molecule has 0 bridgehead atoms. The monoisotopic (exact) mass is 450 g/mol. The van der Waals surface area contributed by atoms with Crippen molar-refractivity contribution in [3.63, 3.8) is 0 Å². The van der Waals surface area contributed by atoms with E-state index in [1.54, 1.807) is 12.3 Å². The molecule has 31 heavy (non-hydrogen) atoms. The van der Waals surface area contributed by atoms with Gasteiger partial charge in [0.15, 0.2) is 0 Å². The number of hydrogen-bond acceptors (Lipinski definition) is 3. The molecule has 0 aliphatic heterocycles. The van der Waals surface area contributed by atoms with Crippen LogP contribution in [0.1, 0.15) is 31.7 Å². The number of hydrogen-bond donors (Lipinski definition) is 1. The fraction of sp³-hybridized carbons (Fsp3) is 0.333. The average molecular weight is 450 g/mol. The highest BCUT2D eigenvalue weighted by atomic mass is 32.2. The Morgan fingerprint density at radius 1 is 1.19 bits per heavy atom. The summed E-state index contributed by atoms with van der Waals surface area (Å²) in [6.45, 7) is 2.48. The van der Waals surface area contributed by atoms with Gasteiger partial charge in [-0.1, -0.05) is 13.0 Å². The van der Waals surface area contributed by atoms with Crippen LogP contribution in [0.3, 0.4) is 0 Å². The zero-order valence-electron chi connectivity index (χ0n) is 16.7. The minimum Gasteiger partial charge on any atom is -0.313 e. The number of nitrogens with one attached hydrogen (secondary N) is 1. The number of aryl methyl sites for hydroxylation is 1. The first-order valence-electron chi connectivity index (χ1n) is 9.90. The van der Waals surface area contributed by atoms with E-state index in [4.69, 9.17) is 0 Å². The van der Waals surface area contributed by atoms with E-state index in [1.165, 1.54) is 39.8 Å². The lowest BCUT2D eigenvalue weighted by Gasteiger charge is -2.14. The molecule has 4 rings (SSSR count). The van der Waals surface area contributed by atoms with Crippen molar-refractivity contribution in [3.8, 4) is 16.8 Å². The van der Waals surface area contributed by atoms with Gasteiger partial charge in [-0.15, -0.1) is 0 Å². The summed E-state index contributed by atoms with van der Waals surface area (Å²) in [6, 6.07) is 6.82. The van der Waals surface area contributed by atoms with Gasteiger partial charge in [0, 0.05) is 36.3 Å². The van der Waals surface area contributed by atoms with Crippen molar-refractivity contribution in [1.29, 1.82) is 0 Å². The molecule has 1 atom stereocenters. The number of aromatic nitrogens is 3. The molecule has 1 saturated carbocycles. The van der Waals surface area contributed by atoms with Crippen molar-refractivity contribution in [2.45, 2.75) is 44.2 Å². The maximum absolute atomic E-state index is 13.8. The Morgan fingerprint density at radius 2 is 1.97 bits per heavy atom. The molecular weight excluding hydrogens is 429 g/mol. The molecule has 1 aliphatic carbocycles. The Hall–Kier alpha value is -2.88. The second-order valence-electron chi connectivity index (χ2n) is 7.45. The summed E-state index contributed by atoms with van der Waals surface area (Å²) >= 11 is 0. The summed E-state index contributed by atoms with van der Waals surface area (Å²) in [5.74, 6) is 0. The van der Waals surface area contributed by atoms with Gasteiger partial charge in [-0.3, -0.25) is 4.79 Å². The average Bonchev–Trinajstić information content (AvgIpc) is 3.47. The zero-order valence-corrected chi connectivity index (χ0v) is 17.5. The van der Waals surface area contributed by atoms with Gasteiger partial charge in [0.1, 0.15) is 11.0 Å². The number of nitrogens with zero attached hydrogens (tertiary/aromatic N) is 3. The second-order valence-corrected chi connectivity index (χ2v) is 8.92. The topological polar surface area (TPSA) is 68.9 Å². The first-order valence-corrected chi connectivity index (χ1v) is 11.1. The normalized spacial score (nSPS) is 15.1. The summed E-state index contributed by atoms with van der Waals surface area (Å²) in [5.41, 5.74) is 0.0231. The van der Waals surface area contributed by atoms with Gasteiger partial charge >= 0.3 is 6.18 Å². The highest BCUT2D eigenvalue weighted by Gasteiger charge is 2.35. The number of benzene rings is 1. The minimum atomic E-state index is -4.59. The van der Waals surface area contributed by atoms with Crippen LogP contribution in [0.5, 0.6) is 0 Å². The predicted octanol–water partition coefficient (Wildman–Crippen LogP) is 4.37. The first kappa shape index (κ1) is 21.4. The predicted molar refractivity (Wildman–Crippen MR) is 113 cm³/mol. The molecule has 2 heterocycles. The number of pyridine rings is 1. The van der Waals surface area contributed by atoms with Crippen molar-refractivity contribution in [2.24, 2.45) is 0 Å². The summed E-state index contributed by atoms with van der Waals surface area (Å²) < 4.78 is 59.0. The maximum Gasteiger partial charge on any atom is 0.417 e. The molecular formula is C21H21F3N4O2S. The van der Waals surface area contributed by atoms with Gasteiger partial charge in [0.05, 0.1) is 22.7 Å². The van der Waals surface area contributed by atoms with Crippen LogP contribution in [0.2, 0.25) is 0 Å². The summed E-state index contributed by atoms with van der Waals surface area (Å²) in [4.78, 5) is 11.9. The van der Waals surface area contributed by atoms with E-state index < -0.39 is 22.7 Å². The van der Waals surface area contributed by atoms with Gasteiger partial charge in [-0.05, 0) is 43.0 Å². The fourth-order valence-corrected chi connectivity index (χ4v) is 4.34. The number of alkyl halides is 3. The van der Waals surface area contributed by atoms with E-state index in [0.29, 0.717) is 12.2 Å². The van der Waals surface area contributed by atoms with Crippen molar-refractivity contribution in [3.05, 3.63) is 64.8 Å². The molecule has 164 valence electrons. The Bertz CT molecular complexity index is 1180. The number of rotatable bonds is 7. The minimum absolute atomic E-state index is 0.00298. The van der Waals surface area contributed by atoms with Crippen LogP contribution in [0.25, 0.3) is 16.8 Å². The molecule has 1 unspecified atom stereocenters. The molecule has 10 heteroatoms. The molecule has 0 spiro atoms. The Morgan fingerprint density at radius 3 is 2.65 bits per heavy atom. The molecule has 1 aliphatic rings. The van der Waals surface area contributed by atoms with Crippen LogP contribution in [-0.4, -0.2) is 23.8 Å². The van der Waals surface area contributed by atoms with Gasteiger partial charge in [0.25, 0.3) is 5.56 Å². The van der Waals surface area contributed by atoms with Gasteiger partial charge in [0.2, 0.25) is 0 Å². The van der Waals surface area contributed by atoms with E-state index in [9.17, 15) is 22.2 Å². The maximum atomic E-state index is 13.8. The Kier molecular flexibility index (Phi) is 5.74. The lowest BCUT2D eigenvalue weighted by atomic mass is 10.0. The fourth-order valence-electron chi connectivity index (χ4n) is 3.25. The highest BCUT2D eigenvalue weighted by Crippen LogP contribution is 2.39. The van der Waals surface area contributed by atoms with Crippen LogP contribution in [0, 0.1) is 0 Å². The third-order valence-electron chi connectivity index (χ3n) is 4.96. The molecule has 1 aromatic carbocycles. The van der Waals surface area contributed by atoms with Crippen molar-refractivity contribution >= 4 is 16.7 Å². The van der Waals surface area contributed by atoms with Crippen molar-refractivity contribution < 1.29 is 17.4 Å². The van der Waals surface area contributed by atoms with E-state index in [0.717, 1.165) is 25.3 Å². The number of halogens is 3. The largest absolute Gasteiger partial charge is 0.417 e.